The van der Waals surface area contributed by atoms with E-state index < -0.39 is 0 Å². The molecule has 5 heteroatoms. The van der Waals surface area contributed by atoms with Crippen LogP contribution in [0.25, 0.3) is 16.8 Å². The number of nitrogens with zero attached hydrogens (tertiary/aromatic N) is 2. The van der Waals surface area contributed by atoms with Crippen molar-refractivity contribution < 1.29 is 14.3 Å². The van der Waals surface area contributed by atoms with Crippen molar-refractivity contribution >= 4 is 5.97 Å². The molecule has 1 aromatic heterocycles. The number of hydrogen-bond donors (Lipinski definition) is 0. The highest BCUT2D eigenvalue weighted by atomic mass is 16.5. The van der Waals surface area contributed by atoms with E-state index >= 15 is 0 Å². The molecule has 0 radical (unpaired) electrons. The van der Waals surface area contributed by atoms with Crippen LogP contribution in [-0.2, 0) is 4.74 Å². The van der Waals surface area contributed by atoms with E-state index in [9.17, 15) is 4.79 Å². The van der Waals surface area contributed by atoms with Crippen LogP contribution in [0.15, 0.2) is 54.7 Å². The second kappa shape index (κ2) is 10.2. The number of esters is 1. The van der Waals surface area contributed by atoms with Gasteiger partial charge in [-0.15, -0.1) is 12.3 Å². The predicted octanol–water partition coefficient (Wildman–Crippen LogP) is 5.78. The van der Waals surface area contributed by atoms with E-state index in [2.05, 4.69) is 35.3 Å². The van der Waals surface area contributed by atoms with Crippen molar-refractivity contribution in [3.8, 4) is 34.9 Å². The third-order valence-electron chi connectivity index (χ3n) is 5.51. The summed E-state index contributed by atoms with van der Waals surface area (Å²) in [6.07, 6.45) is 11.8. The Bertz CT molecular complexity index is 1120. The van der Waals surface area contributed by atoms with Gasteiger partial charge in [0.2, 0.25) is 0 Å². The zero-order chi connectivity index (χ0) is 22.3. The summed E-state index contributed by atoms with van der Waals surface area (Å²) in [4.78, 5) is 12.4. The van der Waals surface area contributed by atoms with Crippen molar-refractivity contribution in [3.63, 3.8) is 0 Å². The maximum atomic E-state index is 12.4. The largest absolute Gasteiger partial charge is 0.494 e. The van der Waals surface area contributed by atoms with Crippen LogP contribution in [-0.4, -0.2) is 29.0 Å². The molecule has 0 saturated heterocycles. The normalized spacial score (nSPS) is 12.9. The Kier molecular flexibility index (Phi) is 6.91. The van der Waals surface area contributed by atoms with Gasteiger partial charge < -0.3 is 9.47 Å². The Morgan fingerprint density at radius 2 is 1.94 bits per heavy atom. The molecular formula is C27H28N2O3. The molecule has 164 valence electrons. The molecule has 0 aliphatic heterocycles. The molecule has 5 nitrogen and oxygen atoms in total. The molecule has 0 N–H and O–H groups in total. The first-order chi connectivity index (χ1) is 15.7. The summed E-state index contributed by atoms with van der Waals surface area (Å²) in [5.74, 6) is 3.55. The summed E-state index contributed by atoms with van der Waals surface area (Å²) < 4.78 is 13.0. The van der Waals surface area contributed by atoms with Gasteiger partial charge in [-0.3, -0.25) is 0 Å². The van der Waals surface area contributed by atoms with Gasteiger partial charge in [0.25, 0.3) is 0 Å². The van der Waals surface area contributed by atoms with Crippen molar-refractivity contribution in [2.75, 3.05) is 13.2 Å². The van der Waals surface area contributed by atoms with Crippen molar-refractivity contribution in [1.29, 1.82) is 0 Å². The molecule has 1 heterocycles. The van der Waals surface area contributed by atoms with Gasteiger partial charge in [-0.25, -0.2) is 9.48 Å². The summed E-state index contributed by atoms with van der Waals surface area (Å²) in [7, 11) is 0. The van der Waals surface area contributed by atoms with E-state index in [0.717, 1.165) is 60.4 Å². The molecule has 0 unspecified atom stereocenters. The van der Waals surface area contributed by atoms with Gasteiger partial charge in [-0.2, -0.15) is 5.10 Å². The number of carbonyl (C=O) groups excluding carboxylic acids is 1. The minimum Gasteiger partial charge on any atom is -0.494 e. The van der Waals surface area contributed by atoms with Crippen LogP contribution in [0.1, 0.15) is 61.0 Å². The zero-order valence-corrected chi connectivity index (χ0v) is 18.4. The summed E-state index contributed by atoms with van der Waals surface area (Å²) >= 11 is 0. The Hall–Kier alpha value is -3.52. The zero-order valence-electron chi connectivity index (χ0n) is 18.4. The van der Waals surface area contributed by atoms with E-state index in [1.165, 1.54) is 0 Å². The van der Waals surface area contributed by atoms with Crippen molar-refractivity contribution in [2.24, 2.45) is 0 Å². The quantitative estimate of drug-likeness (QED) is 0.233. The first kappa shape index (κ1) is 21.7. The molecule has 1 aliphatic rings. The highest BCUT2D eigenvalue weighted by molar-refractivity contribution is 5.91. The lowest BCUT2D eigenvalue weighted by molar-refractivity contribution is 0.0525. The maximum absolute atomic E-state index is 12.4. The number of benzene rings is 2. The summed E-state index contributed by atoms with van der Waals surface area (Å²) in [6.45, 7) is 2.82. The van der Waals surface area contributed by atoms with E-state index in [4.69, 9.17) is 15.9 Å². The number of aromatic nitrogens is 2. The highest BCUT2D eigenvalue weighted by Gasteiger charge is 2.33. The molecule has 0 bridgehead atoms. The van der Waals surface area contributed by atoms with Crippen molar-refractivity contribution in [2.45, 2.75) is 44.9 Å². The average Bonchev–Trinajstić information content (AvgIpc) is 3.56. The van der Waals surface area contributed by atoms with Crippen LogP contribution in [0.2, 0.25) is 0 Å². The van der Waals surface area contributed by atoms with Crippen molar-refractivity contribution in [1.82, 2.24) is 9.78 Å². The molecule has 32 heavy (non-hydrogen) atoms. The molecule has 2 aromatic carbocycles. The molecule has 1 saturated carbocycles. The van der Waals surface area contributed by atoms with Gasteiger partial charge in [0.05, 0.1) is 30.8 Å². The molecule has 1 fully saturated rings. The number of ether oxygens (including phenoxy) is 2. The summed E-state index contributed by atoms with van der Waals surface area (Å²) in [5.41, 5.74) is 4.58. The van der Waals surface area contributed by atoms with Crippen LogP contribution in [0.5, 0.6) is 5.75 Å². The third-order valence-corrected chi connectivity index (χ3v) is 5.51. The van der Waals surface area contributed by atoms with E-state index in [1.807, 2.05) is 35.9 Å². The van der Waals surface area contributed by atoms with Gasteiger partial charge in [0, 0.05) is 12.3 Å². The SMILES string of the molecule is C#CCCCCOc1cccc(-c2cccc(-n3ncc(C(=O)OCC)c3C3CC3)c2)c1. The lowest BCUT2D eigenvalue weighted by Crippen LogP contribution is -2.09. The standard InChI is InChI=1S/C27H28N2O3/c1-3-5-6-7-16-32-24-13-9-11-22(18-24)21-10-8-12-23(17-21)29-26(20-14-15-20)25(19-28-29)27(30)31-4-2/h1,8-13,17-20H,4-7,14-16H2,2H3. The fourth-order valence-electron chi connectivity index (χ4n) is 3.78. The second-order valence-electron chi connectivity index (χ2n) is 7.94. The van der Waals surface area contributed by atoms with Crippen LogP contribution in [0.4, 0.5) is 0 Å². The lowest BCUT2D eigenvalue weighted by Gasteiger charge is -2.11. The number of carbonyl (C=O) groups is 1. The van der Waals surface area contributed by atoms with E-state index in [1.54, 1.807) is 6.20 Å². The molecule has 1 aliphatic carbocycles. The number of terminal acetylenes is 1. The number of hydrogen-bond acceptors (Lipinski definition) is 4. The van der Waals surface area contributed by atoms with E-state index in [-0.39, 0.29) is 5.97 Å². The van der Waals surface area contributed by atoms with Gasteiger partial charge in [0.15, 0.2) is 0 Å². The van der Waals surface area contributed by atoms with Crippen LogP contribution in [0.3, 0.4) is 0 Å². The molecular weight excluding hydrogens is 400 g/mol. The Balaban J connectivity index is 1.57. The molecule has 0 atom stereocenters. The van der Waals surface area contributed by atoms with Gasteiger partial charge in [0.1, 0.15) is 11.3 Å². The fourth-order valence-corrected chi connectivity index (χ4v) is 3.78. The van der Waals surface area contributed by atoms with Crippen LogP contribution >= 0.6 is 0 Å². The third kappa shape index (κ3) is 5.03. The number of rotatable bonds is 10. The molecule has 3 aromatic rings. The van der Waals surface area contributed by atoms with Crippen LogP contribution < -0.4 is 4.74 Å². The van der Waals surface area contributed by atoms with Gasteiger partial charge >= 0.3 is 5.97 Å². The average molecular weight is 429 g/mol. The van der Waals surface area contributed by atoms with Crippen LogP contribution in [0, 0.1) is 12.3 Å². The van der Waals surface area contributed by atoms with E-state index in [0.29, 0.717) is 24.7 Å². The van der Waals surface area contributed by atoms with Gasteiger partial charge in [-0.1, -0.05) is 24.3 Å². The Morgan fingerprint density at radius 3 is 2.69 bits per heavy atom. The van der Waals surface area contributed by atoms with Gasteiger partial charge in [-0.05, 0) is 68.0 Å². The lowest BCUT2D eigenvalue weighted by atomic mass is 10.0. The fraction of sp³-hybridized carbons (Fsp3) is 0.333. The Morgan fingerprint density at radius 1 is 1.16 bits per heavy atom. The van der Waals surface area contributed by atoms with Crippen molar-refractivity contribution in [3.05, 3.63) is 66.0 Å². The predicted molar refractivity (Wildman–Crippen MR) is 125 cm³/mol. The first-order valence-electron chi connectivity index (χ1n) is 11.2. The Labute approximate surface area is 189 Å². The minimum absolute atomic E-state index is 0.302. The monoisotopic (exact) mass is 428 g/mol. The highest BCUT2D eigenvalue weighted by Crippen LogP contribution is 2.43. The first-order valence-corrected chi connectivity index (χ1v) is 11.2. The smallest absolute Gasteiger partial charge is 0.341 e. The topological polar surface area (TPSA) is 53.4 Å². The molecule has 0 spiro atoms. The maximum Gasteiger partial charge on any atom is 0.341 e. The summed E-state index contributed by atoms with van der Waals surface area (Å²) in [6, 6.07) is 16.3. The minimum atomic E-state index is -0.302. The number of unbranched alkanes of at least 4 members (excludes halogenated alkanes) is 2. The molecule has 0 amide bonds. The second-order valence-corrected chi connectivity index (χ2v) is 7.94. The molecule has 4 rings (SSSR count). The summed E-state index contributed by atoms with van der Waals surface area (Å²) in [5, 5.41) is 4.55.